The van der Waals surface area contributed by atoms with E-state index in [2.05, 4.69) is 35.6 Å². The zero-order valence-electron chi connectivity index (χ0n) is 36.2. The Morgan fingerprint density at radius 2 is 1.64 bits per heavy atom. The van der Waals surface area contributed by atoms with Gasteiger partial charge in [-0.25, -0.2) is 14.5 Å². The summed E-state index contributed by atoms with van der Waals surface area (Å²) in [5.41, 5.74) is 2.85. The van der Waals surface area contributed by atoms with Crippen LogP contribution in [0.3, 0.4) is 0 Å². The van der Waals surface area contributed by atoms with E-state index in [1.807, 2.05) is 75.4 Å². The molecule has 3 amide bonds. The van der Waals surface area contributed by atoms with Crippen molar-refractivity contribution in [3.8, 4) is 23.1 Å². The third-order valence-corrected chi connectivity index (χ3v) is 11.2. The molecular formula is C46H50F3N8O6P. The van der Waals surface area contributed by atoms with Crippen LogP contribution in [-0.2, 0) is 27.3 Å². The van der Waals surface area contributed by atoms with E-state index in [-0.39, 0.29) is 29.1 Å². The van der Waals surface area contributed by atoms with Crippen molar-refractivity contribution in [1.82, 2.24) is 30.0 Å². The van der Waals surface area contributed by atoms with Crippen molar-refractivity contribution in [3.05, 3.63) is 125 Å². The molecule has 1 aliphatic heterocycles. The van der Waals surface area contributed by atoms with Crippen molar-refractivity contribution in [1.29, 1.82) is 0 Å². The first kappa shape index (κ1) is 45.7. The average molecular weight is 899 g/mol. The summed E-state index contributed by atoms with van der Waals surface area (Å²) in [7, 11) is -2.34. The monoisotopic (exact) mass is 898 g/mol. The van der Waals surface area contributed by atoms with E-state index in [1.54, 1.807) is 36.2 Å². The fourth-order valence-corrected chi connectivity index (χ4v) is 8.23. The number of hydrogen-bond donors (Lipinski definition) is 3. The molecule has 0 unspecified atom stereocenters. The number of hydrogen-bond acceptors (Lipinski definition) is 10. The fraction of sp³-hybridized carbons (Fsp3) is 0.326. The molecule has 336 valence electrons. The summed E-state index contributed by atoms with van der Waals surface area (Å²) in [6, 6.07) is 24.9. The molecule has 14 nitrogen and oxygen atoms in total. The van der Waals surface area contributed by atoms with Gasteiger partial charge in [0.25, 0.3) is 5.91 Å². The standard InChI is InChI=1S/C46H50F3N8O6P/c1-45(2,3)39-28-41(57(55-39)33-10-8-9-30(24-33)29-64(4,5)60)54-44(59)52-37-13-14-38(36-12-7-6-11-35(36)37)62-42-15-16-50-40(53-42)26-31-23-32(27-34(25-31)63-46(47,48)49)43(58)51-17-18-56-19-21-61-22-20-56/h6-16,23-25,27-28H,17-22,26,29H2,1-5H3,(H,51,58)(H2,52,54,59). The summed E-state index contributed by atoms with van der Waals surface area (Å²) in [6.07, 6.45) is -3.12. The van der Waals surface area contributed by atoms with E-state index >= 15 is 0 Å². The number of fused-ring (bicyclic) bond motifs is 1. The van der Waals surface area contributed by atoms with Crippen molar-refractivity contribution in [2.45, 2.75) is 45.1 Å². The number of morpholine rings is 1. The van der Waals surface area contributed by atoms with Crippen molar-refractivity contribution in [3.63, 3.8) is 0 Å². The topological polar surface area (TPSA) is 162 Å². The van der Waals surface area contributed by atoms with E-state index in [1.165, 1.54) is 18.3 Å². The van der Waals surface area contributed by atoms with Crippen LogP contribution in [0, 0.1) is 0 Å². The molecule has 1 fully saturated rings. The van der Waals surface area contributed by atoms with Gasteiger partial charge in [0.05, 0.1) is 37.4 Å². The number of carbonyl (C=O) groups is 2. The smallest absolute Gasteiger partial charge is 0.438 e. The van der Waals surface area contributed by atoms with Crippen molar-refractivity contribution >= 4 is 41.4 Å². The Bertz CT molecular complexity index is 2690. The number of aromatic nitrogens is 4. The van der Waals surface area contributed by atoms with Gasteiger partial charge in [0.2, 0.25) is 5.88 Å². The lowest BCUT2D eigenvalue weighted by Crippen LogP contribution is -2.41. The second kappa shape index (κ2) is 19.2. The van der Waals surface area contributed by atoms with Crippen LogP contribution in [0.25, 0.3) is 16.5 Å². The first-order valence-corrected chi connectivity index (χ1v) is 23.5. The van der Waals surface area contributed by atoms with Crippen LogP contribution < -0.4 is 25.4 Å². The number of anilines is 2. The minimum absolute atomic E-state index is 0.00700. The van der Waals surface area contributed by atoms with Gasteiger partial charge in [0, 0.05) is 78.8 Å². The number of nitrogens with one attached hydrogen (secondary N) is 3. The molecule has 4 aromatic carbocycles. The molecule has 0 aliphatic carbocycles. The van der Waals surface area contributed by atoms with Gasteiger partial charge in [-0.1, -0.05) is 57.2 Å². The van der Waals surface area contributed by atoms with Crippen molar-refractivity contribution in [2.24, 2.45) is 0 Å². The van der Waals surface area contributed by atoms with E-state index in [9.17, 15) is 27.3 Å². The number of ether oxygens (including phenoxy) is 3. The lowest BCUT2D eigenvalue weighted by Gasteiger charge is -2.26. The summed E-state index contributed by atoms with van der Waals surface area (Å²) >= 11 is 0. The number of benzene rings is 4. The summed E-state index contributed by atoms with van der Waals surface area (Å²) in [4.78, 5) is 37.8. The van der Waals surface area contributed by atoms with Gasteiger partial charge in [-0.3, -0.25) is 15.0 Å². The molecule has 3 N–H and O–H groups in total. The molecule has 3 heterocycles. The lowest BCUT2D eigenvalue weighted by molar-refractivity contribution is -0.274. The number of amides is 3. The zero-order valence-corrected chi connectivity index (χ0v) is 37.1. The molecule has 0 saturated carbocycles. The van der Waals surface area contributed by atoms with Gasteiger partial charge >= 0.3 is 12.4 Å². The van der Waals surface area contributed by atoms with E-state index < -0.39 is 31.2 Å². The SMILES string of the molecule is CC(C)(C)c1cc(NC(=O)Nc2ccc(Oc3ccnc(Cc4cc(OC(F)(F)F)cc(C(=O)NCCN5CCOCC5)c4)n3)c3ccccc23)n(-c2cccc(CP(C)(C)=O)c2)n1. The first-order valence-electron chi connectivity index (χ1n) is 20.7. The fourth-order valence-electron chi connectivity index (χ4n) is 7.16. The number of urea groups is 1. The number of halogens is 3. The van der Waals surface area contributed by atoms with Crippen LogP contribution in [0.15, 0.2) is 97.2 Å². The average Bonchev–Trinajstić information content (AvgIpc) is 3.65. The van der Waals surface area contributed by atoms with Crippen molar-refractivity contribution in [2.75, 3.05) is 63.4 Å². The predicted molar refractivity (Wildman–Crippen MR) is 240 cm³/mol. The second-order valence-electron chi connectivity index (χ2n) is 16.9. The highest BCUT2D eigenvalue weighted by Crippen LogP contribution is 2.41. The van der Waals surface area contributed by atoms with Crippen LogP contribution >= 0.6 is 7.14 Å². The molecule has 0 spiro atoms. The highest BCUT2D eigenvalue weighted by atomic mass is 31.2. The quantitative estimate of drug-likeness (QED) is 0.0899. The van der Waals surface area contributed by atoms with Gasteiger partial charge in [-0.05, 0) is 66.9 Å². The van der Waals surface area contributed by atoms with Gasteiger partial charge in [-0.2, -0.15) is 10.1 Å². The van der Waals surface area contributed by atoms with Gasteiger partial charge < -0.3 is 29.4 Å². The van der Waals surface area contributed by atoms with Gasteiger partial charge in [-0.15, -0.1) is 13.2 Å². The van der Waals surface area contributed by atoms with Gasteiger partial charge in [0.1, 0.15) is 23.1 Å². The second-order valence-corrected chi connectivity index (χ2v) is 20.4. The Morgan fingerprint density at radius 3 is 2.38 bits per heavy atom. The third-order valence-electron chi connectivity index (χ3n) is 10.1. The lowest BCUT2D eigenvalue weighted by atomic mass is 9.92. The molecule has 1 aliphatic rings. The van der Waals surface area contributed by atoms with Crippen LogP contribution in [0.4, 0.5) is 29.5 Å². The van der Waals surface area contributed by atoms with Crippen molar-refractivity contribution < 1.29 is 41.5 Å². The first-order chi connectivity index (χ1) is 30.3. The highest BCUT2D eigenvalue weighted by molar-refractivity contribution is 7.61. The molecule has 18 heteroatoms. The maximum Gasteiger partial charge on any atom is 0.573 e. The largest absolute Gasteiger partial charge is 0.573 e. The summed E-state index contributed by atoms with van der Waals surface area (Å²) in [6.45, 7) is 13.1. The van der Waals surface area contributed by atoms with E-state index in [0.717, 1.165) is 30.4 Å². The number of carbonyl (C=O) groups excluding carboxylic acids is 2. The van der Waals surface area contributed by atoms with Crippen LogP contribution in [0.1, 0.15) is 53.8 Å². The normalized spacial score (nSPS) is 13.7. The molecule has 0 bridgehead atoms. The molecule has 7 rings (SSSR count). The molecular weight excluding hydrogens is 849 g/mol. The third kappa shape index (κ3) is 12.5. The Hall–Kier alpha value is -6.29. The molecule has 64 heavy (non-hydrogen) atoms. The number of alkyl halides is 3. The summed E-state index contributed by atoms with van der Waals surface area (Å²) in [5, 5.41) is 14.9. The Labute approximate surface area is 368 Å². The maximum atomic E-state index is 13.7. The van der Waals surface area contributed by atoms with Crippen LogP contribution in [0.2, 0.25) is 0 Å². The summed E-state index contributed by atoms with van der Waals surface area (Å²) < 4.78 is 70.1. The highest BCUT2D eigenvalue weighted by Gasteiger charge is 2.32. The number of nitrogens with zero attached hydrogens (tertiary/aromatic N) is 5. The van der Waals surface area contributed by atoms with Crippen LogP contribution in [0.5, 0.6) is 17.4 Å². The molecule has 1 saturated heterocycles. The minimum atomic E-state index is -4.98. The minimum Gasteiger partial charge on any atom is -0.438 e. The summed E-state index contributed by atoms with van der Waals surface area (Å²) in [5.74, 6) is 0.142. The van der Waals surface area contributed by atoms with E-state index in [0.29, 0.717) is 71.7 Å². The Balaban J connectivity index is 1.07. The van der Waals surface area contributed by atoms with Crippen LogP contribution in [-0.4, -0.2) is 95.7 Å². The molecule has 6 aromatic rings. The molecule has 0 radical (unpaired) electrons. The molecule has 2 aromatic heterocycles. The number of rotatable bonds is 14. The Morgan fingerprint density at radius 1 is 0.875 bits per heavy atom. The molecule has 0 atom stereocenters. The maximum absolute atomic E-state index is 13.7. The van der Waals surface area contributed by atoms with Gasteiger partial charge in [0.15, 0.2) is 0 Å². The predicted octanol–water partition coefficient (Wildman–Crippen LogP) is 9.22. The zero-order chi connectivity index (χ0) is 45.6. The van der Waals surface area contributed by atoms with E-state index in [4.69, 9.17) is 14.6 Å². The Kier molecular flexibility index (Phi) is 13.7.